The first-order valence-electron chi connectivity index (χ1n) is 2.61. The molecule has 0 fully saturated rings. The van der Waals surface area contributed by atoms with E-state index in [-0.39, 0.29) is 0 Å². The molecular weight excluding hydrogens is 119 g/mol. The molecule has 1 unspecified atom stereocenters. The van der Waals surface area contributed by atoms with E-state index in [2.05, 4.69) is 0 Å². The van der Waals surface area contributed by atoms with Gasteiger partial charge in [0.15, 0.2) is 0 Å². The third-order valence-electron chi connectivity index (χ3n) is 1.12. The van der Waals surface area contributed by atoms with Crippen molar-refractivity contribution in [1.82, 2.24) is 0 Å². The Morgan fingerprint density at radius 1 is 1.50 bits per heavy atom. The Bertz CT molecular complexity index is 179. The van der Waals surface area contributed by atoms with E-state index in [0.717, 1.165) is 6.16 Å². The van der Waals surface area contributed by atoms with Gasteiger partial charge in [0, 0.05) is 6.16 Å². The van der Waals surface area contributed by atoms with Crippen molar-refractivity contribution in [2.24, 2.45) is 0 Å². The predicted octanol–water partition coefficient (Wildman–Crippen LogP) is 2.06. The summed E-state index contributed by atoms with van der Waals surface area (Å²) < 4.78 is 11.1. The van der Waals surface area contributed by atoms with Gasteiger partial charge in [-0.2, -0.15) is 0 Å². The van der Waals surface area contributed by atoms with Crippen molar-refractivity contribution in [3.8, 4) is 0 Å². The van der Waals surface area contributed by atoms with Crippen LogP contribution in [0.4, 0.5) is 0 Å². The first-order valence-corrected chi connectivity index (χ1v) is 5.02. The minimum absolute atomic E-state index is 0.740. The largest absolute Gasteiger partial charge is 0.319 e. The second kappa shape index (κ2) is 1.91. The third-order valence-corrected chi connectivity index (χ3v) is 2.86. The zero-order chi connectivity index (χ0) is 6.04. The van der Waals surface area contributed by atoms with Gasteiger partial charge < -0.3 is 4.57 Å². The Morgan fingerprint density at radius 3 is 2.50 bits per heavy atom. The van der Waals surface area contributed by atoms with Gasteiger partial charge in [0.05, 0.1) is 0 Å². The molecule has 0 saturated heterocycles. The first kappa shape index (κ1) is 5.84. The van der Waals surface area contributed by atoms with E-state index in [1.807, 2.05) is 18.2 Å². The summed E-state index contributed by atoms with van der Waals surface area (Å²) in [6.07, 6.45) is 6.47. The normalized spacial score (nSPS) is 35.6. The van der Waals surface area contributed by atoms with Crippen LogP contribution in [-0.2, 0) is 4.57 Å². The summed E-state index contributed by atoms with van der Waals surface area (Å²) in [4.78, 5) is 0. The Hall–Kier alpha value is -0.290. The lowest BCUT2D eigenvalue weighted by molar-refractivity contribution is 0.586. The van der Waals surface area contributed by atoms with E-state index in [4.69, 9.17) is 0 Å². The summed E-state index contributed by atoms with van der Waals surface area (Å²) in [5, 5.41) is 0. The summed E-state index contributed by atoms with van der Waals surface area (Å²) >= 11 is 0. The van der Waals surface area contributed by atoms with Crippen LogP contribution < -0.4 is 0 Å². The van der Waals surface area contributed by atoms with E-state index >= 15 is 0 Å². The Labute approximate surface area is 49.5 Å². The average Bonchev–Trinajstić information content (AvgIpc) is 1.65. The molecule has 0 aromatic heterocycles. The number of hydrogen-bond donors (Lipinski definition) is 0. The van der Waals surface area contributed by atoms with E-state index < -0.39 is 7.14 Å². The Morgan fingerprint density at radius 2 is 2.25 bits per heavy atom. The van der Waals surface area contributed by atoms with Crippen molar-refractivity contribution in [1.29, 1.82) is 0 Å². The summed E-state index contributed by atoms with van der Waals surface area (Å²) in [6.45, 7) is 1.80. The highest BCUT2D eigenvalue weighted by atomic mass is 31.2. The van der Waals surface area contributed by atoms with Gasteiger partial charge in [0.2, 0.25) is 0 Å². The van der Waals surface area contributed by atoms with Crippen LogP contribution in [0, 0.1) is 0 Å². The van der Waals surface area contributed by atoms with Gasteiger partial charge in [-0.1, -0.05) is 18.2 Å². The summed E-state index contributed by atoms with van der Waals surface area (Å²) in [5.41, 5.74) is 0. The quantitative estimate of drug-likeness (QED) is 0.456. The maximum atomic E-state index is 11.1. The van der Waals surface area contributed by atoms with Crippen LogP contribution in [0.3, 0.4) is 0 Å². The molecule has 1 heterocycles. The zero-order valence-corrected chi connectivity index (χ0v) is 5.77. The molecule has 0 amide bonds. The van der Waals surface area contributed by atoms with Gasteiger partial charge in [-0.05, 0) is 12.5 Å². The molecule has 0 bridgehead atoms. The van der Waals surface area contributed by atoms with E-state index in [1.54, 1.807) is 12.5 Å². The summed E-state index contributed by atoms with van der Waals surface area (Å²) in [7, 11) is -1.85. The molecule has 1 aliphatic heterocycles. The van der Waals surface area contributed by atoms with Crippen LogP contribution in [0.25, 0.3) is 0 Å². The van der Waals surface area contributed by atoms with E-state index in [0.29, 0.717) is 0 Å². The number of allylic oxidation sites excluding steroid dienone is 3. The van der Waals surface area contributed by atoms with Gasteiger partial charge in [-0.15, -0.1) is 0 Å². The Balaban J connectivity index is 2.81. The minimum atomic E-state index is -1.85. The lowest BCUT2D eigenvalue weighted by Gasteiger charge is -2.05. The molecule has 0 aliphatic carbocycles. The molecule has 44 valence electrons. The first-order chi connectivity index (χ1) is 3.71. The van der Waals surface area contributed by atoms with Crippen LogP contribution in [0.15, 0.2) is 24.0 Å². The van der Waals surface area contributed by atoms with Crippen molar-refractivity contribution in [2.45, 2.75) is 0 Å². The van der Waals surface area contributed by atoms with Crippen molar-refractivity contribution in [2.75, 3.05) is 12.8 Å². The summed E-state index contributed by atoms with van der Waals surface area (Å²) in [6, 6.07) is 0. The lowest BCUT2D eigenvalue weighted by atomic mass is 10.5. The maximum absolute atomic E-state index is 11.1. The van der Waals surface area contributed by atoms with Gasteiger partial charge in [-0.3, -0.25) is 0 Å². The topological polar surface area (TPSA) is 17.1 Å². The second-order valence-corrected chi connectivity index (χ2v) is 5.14. The van der Waals surface area contributed by atoms with Crippen molar-refractivity contribution in [3.63, 3.8) is 0 Å². The molecule has 0 radical (unpaired) electrons. The van der Waals surface area contributed by atoms with Crippen LogP contribution in [0.2, 0.25) is 0 Å². The Kier molecular flexibility index (Phi) is 1.39. The fourth-order valence-electron chi connectivity index (χ4n) is 0.641. The lowest BCUT2D eigenvalue weighted by Crippen LogP contribution is -1.82. The van der Waals surface area contributed by atoms with Gasteiger partial charge >= 0.3 is 0 Å². The molecule has 1 nitrogen and oxygen atoms in total. The third kappa shape index (κ3) is 1.34. The van der Waals surface area contributed by atoms with Crippen LogP contribution in [0.1, 0.15) is 0 Å². The predicted molar refractivity (Wildman–Crippen MR) is 36.7 cm³/mol. The molecule has 0 aromatic carbocycles. The van der Waals surface area contributed by atoms with E-state index in [9.17, 15) is 4.57 Å². The highest BCUT2D eigenvalue weighted by Crippen LogP contribution is 2.44. The van der Waals surface area contributed by atoms with Gasteiger partial charge in [0.1, 0.15) is 7.14 Å². The zero-order valence-electron chi connectivity index (χ0n) is 4.87. The fourth-order valence-corrected chi connectivity index (χ4v) is 1.77. The molecule has 1 rings (SSSR count). The highest BCUT2D eigenvalue weighted by Gasteiger charge is 2.08. The average molecular weight is 128 g/mol. The van der Waals surface area contributed by atoms with Crippen molar-refractivity contribution < 1.29 is 4.57 Å². The summed E-state index contributed by atoms with van der Waals surface area (Å²) in [5.74, 6) is 1.80. The van der Waals surface area contributed by atoms with Gasteiger partial charge in [0.25, 0.3) is 0 Å². The minimum Gasteiger partial charge on any atom is -0.319 e. The van der Waals surface area contributed by atoms with Crippen LogP contribution in [0.5, 0.6) is 0 Å². The van der Waals surface area contributed by atoms with Gasteiger partial charge in [-0.25, -0.2) is 0 Å². The molecule has 1 aliphatic rings. The number of hydrogen-bond acceptors (Lipinski definition) is 1. The van der Waals surface area contributed by atoms with Crippen LogP contribution in [-0.4, -0.2) is 12.8 Å². The SMILES string of the molecule is CP1(=O)C=CC=CC1. The molecule has 0 spiro atoms. The molecule has 2 heteroatoms. The molecule has 0 aromatic rings. The monoisotopic (exact) mass is 128 g/mol. The molecule has 8 heavy (non-hydrogen) atoms. The van der Waals surface area contributed by atoms with Crippen LogP contribution >= 0.6 is 7.14 Å². The molecule has 1 atom stereocenters. The van der Waals surface area contributed by atoms with Crippen molar-refractivity contribution in [3.05, 3.63) is 24.0 Å². The second-order valence-electron chi connectivity index (χ2n) is 2.13. The fraction of sp³-hybridized carbons (Fsp3) is 0.333. The standard InChI is InChI=1S/C6H9OP/c1-8(7)5-3-2-4-6-8/h2-5H,6H2,1H3. The number of rotatable bonds is 0. The van der Waals surface area contributed by atoms with Crippen molar-refractivity contribution >= 4 is 7.14 Å². The smallest absolute Gasteiger partial charge is 0.109 e. The molecule has 0 saturated carbocycles. The highest BCUT2D eigenvalue weighted by molar-refractivity contribution is 7.66. The van der Waals surface area contributed by atoms with E-state index in [1.165, 1.54) is 0 Å². The molecular formula is C6H9OP. The maximum Gasteiger partial charge on any atom is 0.109 e. The molecule has 0 N–H and O–H groups in total.